The maximum atomic E-state index is 12.8. The quantitative estimate of drug-likeness (QED) is 0.381. The zero-order valence-electron chi connectivity index (χ0n) is 18.8. The van der Waals surface area contributed by atoms with E-state index in [9.17, 15) is 18.0 Å². The third kappa shape index (κ3) is 4.62. The second-order valence-electron chi connectivity index (χ2n) is 7.83. The largest absolute Gasteiger partial charge is 0.295 e. The minimum Gasteiger partial charge on any atom is -0.295 e. The van der Waals surface area contributed by atoms with Crippen molar-refractivity contribution in [1.29, 1.82) is 0 Å². The van der Waals surface area contributed by atoms with Gasteiger partial charge in [-0.15, -0.1) is 0 Å². The van der Waals surface area contributed by atoms with Crippen LogP contribution >= 0.6 is 0 Å². The molecule has 3 N–H and O–H groups in total. The minimum absolute atomic E-state index is 0.194. The Bertz CT molecular complexity index is 1510. The summed E-state index contributed by atoms with van der Waals surface area (Å²) in [5.74, 6) is -1.06. The molecule has 4 rings (SSSR count). The summed E-state index contributed by atoms with van der Waals surface area (Å²) in [5.41, 5.74) is 8.23. The van der Waals surface area contributed by atoms with Gasteiger partial charge >= 0.3 is 0 Å². The number of aromatic nitrogens is 2. The second kappa shape index (κ2) is 8.99. The van der Waals surface area contributed by atoms with Crippen LogP contribution in [0.1, 0.15) is 37.7 Å². The number of hydrogen-bond donors (Lipinski definition) is 3. The van der Waals surface area contributed by atoms with E-state index < -0.39 is 21.8 Å². The number of amides is 2. The normalized spacial score (nSPS) is 11.3. The lowest BCUT2D eigenvalue weighted by Gasteiger charge is -2.12. The molecule has 2 aromatic heterocycles. The van der Waals surface area contributed by atoms with Gasteiger partial charge in [-0.2, -0.15) is 0 Å². The number of nitrogens with zero attached hydrogens (tertiary/aromatic N) is 2. The summed E-state index contributed by atoms with van der Waals surface area (Å²) in [4.78, 5) is 29.6. The van der Waals surface area contributed by atoms with E-state index in [1.807, 2.05) is 19.1 Å². The molecule has 2 aromatic carbocycles. The molecule has 0 bridgehead atoms. The fourth-order valence-corrected chi connectivity index (χ4v) is 4.92. The van der Waals surface area contributed by atoms with Gasteiger partial charge in [0.1, 0.15) is 11.3 Å². The van der Waals surface area contributed by atoms with Crippen molar-refractivity contribution in [3.8, 4) is 0 Å². The maximum absolute atomic E-state index is 12.8. The van der Waals surface area contributed by atoms with Crippen LogP contribution in [-0.4, -0.2) is 29.6 Å². The summed E-state index contributed by atoms with van der Waals surface area (Å²) in [6, 6.07) is 16.5. The van der Waals surface area contributed by atoms with E-state index in [0.29, 0.717) is 28.3 Å². The number of imidazole rings is 1. The van der Waals surface area contributed by atoms with E-state index in [4.69, 9.17) is 0 Å². The SMILES string of the molecule is Cc1ccc(C)c(S(=O)(=O)Nc2ccc(C(=O)NNC(=O)c3c(C)nc4ccccn34)cc2)c1. The van der Waals surface area contributed by atoms with Crippen LogP contribution in [0.25, 0.3) is 5.65 Å². The summed E-state index contributed by atoms with van der Waals surface area (Å²) >= 11 is 0. The average Bonchev–Trinajstić information content (AvgIpc) is 3.14. The van der Waals surface area contributed by atoms with Crippen LogP contribution in [0.15, 0.2) is 71.8 Å². The molecule has 0 atom stereocenters. The van der Waals surface area contributed by atoms with Crippen LogP contribution in [0.5, 0.6) is 0 Å². The van der Waals surface area contributed by atoms with Crippen LogP contribution in [0.3, 0.4) is 0 Å². The molecule has 0 spiro atoms. The highest BCUT2D eigenvalue weighted by Crippen LogP contribution is 2.21. The van der Waals surface area contributed by atoms with E-state index in [1.54, 1.807) is 48.7 Å². The van der Waals surface area contributed by atoms with Gasteiger partial charge in [-0.05, 0) is 74.4 Å². The van der Waals surface area contributed by atoms with Crippen LogP contribution in [0, 0.1) is 20.8 Å². The number of benzene rings is 2. The maximum Gasteiger partial charge on any atom is 0.288 e. The Morgan fingerprint density at radius 2 is 1.59 bits per heavy atom. The highest BCUT2D eigenvalue weighted by molar-refractivity contribution is 7.92. The first-order chi connectivity index (χ1) is 16.2. The van der Waals surface area contributed by atoms with Gasteiger partial charge in [0.05, 0.1) is 10.6 Å². The van der Waals surface area contributed by atoms with Crippen LogP contribution in [-0.2, 0) is 10.0 Å². The van der Waals surface area contributed by atoms with Gasteiger partial charge in [0.2, 0.25) is 0 Å². The Morgan fingerprint density at radius 3 is 2.32 bits per heavy atom. The van der Waals surface area contributed by atoms with Gasteiger partial charge in [-0.25, -0.2) is 13.4 Å². The highest BCUT2D eigenvalue weighted by atomic mass is 32.2. The first-order valence-electron chi connectivity index (χ1n) is 10.4. The molecule has 2 amide bonds. The summed E-state index contributed by atoms with van der Waals surface area (Å²) in [7, 11) is -3.78. The predicted octanol–water partition coefficient (Wildman–Crippen LogP) is 3.14. The third-order valence-electron chi connectivity index (χ3n) is 5.24. The van der Waals surface area contributed by atoms with Crippen molar-refractivity contribution in [3.63, 3.8) is 0 Å². The molecule has 9 nitrogen and oxygen atoms in total. The number of sulfonamides is 1. The molecular weight excluding hydrogens is 454 g/mol. The summed E-state index contributed by atoms with van der Waals surface area (Å²) in [5, 5.41) is 0. The second-order valence-corrected chi connectivity index (χ2v) is 9.49. The summed E-state index contributed by atoms with van der Waals surface area (Å²) < 4.78 is 29.7. The lowest BCUT2D eigenvalue weighted by Crippen LogP contribution is -2.42. The topological polar surface area (TPSA) is 122 Å². The number of hydrazine groups is 1. The standard InChI is InChI=1S/C24H23N5O4S/c1-15-7-8-16(2)20(14-15)34(32,33)28-19-11-9-18(10-12-19)23(30)26-27-24(31)22-17(3)25-21-6-4-5-13-29(21)22/h4-14,28H,1-3H3,(H,26,30)(H,27,31). The molecule has 0 fully saturated rings. The number of carbonyl (C=O) groups is 2. The lowest BCUT2D eigenvalue weighted by molar-refractivity contribution is 0.0843. The Labute approximate surface area is 196 Å². The highest BCUT2D eigenvalue weighted by Gasteiger charge is 2.19. The summed E-state index contributed by atoms with van der Waals surface area (Å²) in [6.07, 6.45) is 1.71. The molecule has 34 heavy (non-hydrogen) atoms. The van der Waals surface area contributed by atoms with Crippen molar-refractivity contribution in [1.82, 2.24) is 20.2 Å². The van der Waals surface area contributed by atoms with Gasteiger partial charge in [0, 0.05) is 17.4 Å². The number of anilines is 1. The molecule has 2 heterocycles. The van der Waals surface area contributed by atoms with E-state index in [1.165, 1.54) is 24.3 Å². The Kier molecular flexibility index (Phi) is 6.08. The van der Waals surface area contributed by atoms with E-state index in [0.717, 1.165) is 5.56 Å². The molecular formula is C24H23N5O4S. The molecule has 0 aliphatic rings. The Hall–Kier alpha value is -4.18. The monoisotopic (exact) mass is 477 g/mol. The van der Waals surface area contributed by atoms with Crippen molar-refractivity contribution < 1.29 is 18.0 Å². The van der Waals surface area contributed by atoms with Crippen molar-refractivity contribution in [2.45, 2.75) is 25.7 Å². The molecule has 0 unspecified atom stereocenters. The van der Waals surface area contributed by atoms with Crippen molar-refractivity contribution in [3.05, 3.63) is 94.9 Å². The number of nitrogens with one attached hydrogen (secondary N) is 3. The Morgan fingerprint density at radius 1 is 0.882 bits per heavy atom. The average molecular weight is 478 g/mol. The van der Waals surface area contributed by atoms with Gasteiger partial charge in [0.15, 0.2) is 0 Å². The molecule has 10 heteroatoms. The molecule has 0 aliphatic carbocycles. The van der Waals surface area contributed by atoms with E-state index in [2.05, 4.69) is 20.6 Å². The van der Waals surface area contributed by atoms with Gasteiger partial charge in [-0.1, -0.05) is 18.2 Å². The predicted molar refractivity (Wildman–Crippen MR) is 128 cm³/mol. The fourth-order valence-electron chi connectivity index (χ4n) is 3.53. The van der Waals surface area contributed by atoms with Crippen LogP contribution in [0.4, 0.5) is 5.69 Å². The van der Waals surface area contributed by atoms with Gasteiger partial charge in [-0.3, -0.25) is 29.6 Å². The Balaban J connectivity index is 1.43. The fraction of sp³-hybridized carbons (Fsp3) is 0.125. The summed E-state index contributed by atoms with van der Waals surface area (Å²) in [6.45, 7) is 5.26. The van der Waals surface area contributed by atoms with Gasteiger partial charge < -0.3 is 0 Å². The molecule has 0 aliphatic heterocycles. The van der Waals surface area contributed by atoms with Crippen molar-refractivity contribution in [2.75, 3.05) is 4.72 Å². The number of carbonyl (C=O) groups excluding carboxylic acids is 2. The molecule has 174 valence electrons. The van der Waals surface area contributed by atoms with Crippen molar-refractivity contribution in [2.24, 2.45) is 0 Å². The van der Waals surface area contributed by atoms with E-state index in [-0.39, 0.29) is 10.5 Å². The number of hydrogen-bond acceptors (Lipinski definition) is 5. The number of rotatable bonds is 5. The molecule has 0 saturated carbocycles. The zero-order chi connectivity index (χ0) is 24.5. The molecule has 0 radical (unpaired) electrons. The smallest absolute Gasteiger partial charge is 0.288 e. The van der Waals surface area contributed by atoms with Crippen molar-refractivity contribution >= 4 is 33.2 Å². The zero-order valence-corrected chi connectivity index (χ0v) is 19.6. The first-order valence-corrected chi connectivity index (χ1v) is 11.9. The van der Waals surface area contributed by atoms with E-state index >= 15 is 0 Å². The minimum atomic E-state index is -3.78. The molecule has 0 saturated heterocycles. The molecule has 4 aromatic rings. The number of fused-ring (bicyclic) bond motifs is 1. The number of pyridine rings is 1. The lowest BCUT2D eigenvalue weighted by atomic mass is 10.2. The number of aryl methyl sites for hydroxylation is 3. The van der Waals surface area contributed by atoms with Crippen LogP contribution in [0.2, 0.25) is 0 Å². The third-order valence-corrected chi connectivity index (χ3v) is 6.76. The first kappa shape index (κ1) is 23.0. The van der Waals surface area contributed by atoms with Crippen LogP contribution < -0.4 is 15.6 Å². The van der Waals surface area contributed by atoms with Gasteiger partial charge in [0.25, 0.3) is 21.8 Å².